The van der Waals surface area contributed by atoms with Gasteiger partial charge < -0.3 is 4.74 Å². The summed E-state index contributed by atoms with van der Waals surface area (Å²) in [4.78, 5) is 13.2. The summed E-state index contributed by atoms with van der Waals surface area (Å²) in [7, 11) is 0. The van der Waals surface area contributed by atoms with Crippen LogP contribution >= 0.6 is 0 Å². The van der Waals surface area contributed by atoms with Crippen LogP contribution < -0.4 is 4.74 Å². The predicted molar refractivity (Wildman–Crippen MR) is 127 cm³/mol. The zero-order valence-electron chi connectivity index (χ0n) is 22.1. The van der Waals surface area contributed by atoms with Gasteiger partial charge in [0.15, 0.2) is 0 Å². The number of carbonyl (C=O) groups is 1. The van der Waals surface area contributed by atoms with Gasteiger partial charge in [0.25, 0.3) is 0 Å². The molecular formula is C26H13BiF18O2. The molecule has 0 spiro atoms. The Morgan fingerprint density at radius 1 is 0.404 bits per heavy atom. The Kier molecular flexibility index (Phi) is 11.0. The molecule has 0 bridgehead atoms. The van der Waals surface area contributed by atoms with Crippen LogP contribution in [0.25, 0.3) is 0 Å². The Labute approximate surface area is 268 Å². The molecule has 47 heavy (non-hydrogen) atoms. The van der Waals surface area contributed by atoms with Crippen LogP contribution in [0.4, 0.5) is 79.0 Å². The van der Waals surface area contributed by atoms with Crippen molar-refractivity contribution < 1.29 is 88.6 Å². The first-order valence-corrected chi connectivity index (χ1v) is 11.6. The first-order chi connectivity index (χ1) is 20.5. The van der Waals surface area contributed by atoms with Crippen molar-refractivity contribution in [2.24, 2.45) is 0 Å². The van der Waals surface area contributed by atoms with Crippen LogP contribution in [0, 0.1) is 0 Å². The maximum atomic E-state index is 13.5. The van der Waals surface area contributed by atoms with Crippen molar-refractivity contribution in [2.75, 3.05) is 0 Å². The van der Waals surface area contributed by atoms with Crippen molar-refractivity contribution in [1.82, 2.24) is 0 Å². The molecule has 0 unspecified atom stereocenters. The fourth-order valence-corrected chi connectivity index (χ4v) is 3.92. The topological polar surface area (TPSA) is 26.3 Å². The SMILES string of the molecule is O=C(Oc1cc(C(F)(F)F)cc(C(F)(F)F)c1)C(c1cc(C(F)(F)F)cc(C(F)(F)F)c1)c1cc(C(F)(F)F)cc(C(F)(F)F)c1.[BiH3]. The average molecular weight is 908 g/mol. The van der Waals surface area contributed by atoms with E-state index in [-0.39, 0.29) is 62.6 Å². The second kappa shape index (κ2) is 13.0. The molecular weight excluding hydrogens is 895 g/mol. The molecule has 2 nitrogen and oxygen atoms in total. The number of benzene rings is 3. The minimum absolute atomic E-state index is 0. The molecule has 21 heteroatoms. The summed E-state index contributed by atoms with van der Waals surface area (Å²) in [6.45, 7) is 0. The Bertz CT molecular complexity index is 1440. The van der Waals surface area contributed by atoms with Crippen LogP contribution in [0.1, 0.15) is 50.4 Å². The third kappa shape index (κ3) is 9.89. The van der Waals surface area contributed by atoms with Gasteiger partial charge >= 0.3 is 69.2 Å². The van der Waals surface area contributed by atoms with Gasteiger partial charge in [-0.3, -0.25) is 4.79 Å². The molecule has 3 aromatic carbocycles. The van der Waals surface area contributed by atoms with Gasteiger partial charge in [0.05, 0.1) is 33.4 Å². The first kappa shape index (κ1) is 39.9. The molecule has 0 N–H and O–H groups in total. The molecule has 260 valence electrons. The Balaban J connectivity index is 0.00000768. The van der Waals surface area contributed by atoms with Crippen LogP contribution in [0.15, 0.2) is 54.6 Å². The zero-order valence-corrected chi connectivity index (χ0v) is 27.6. The maximum absolute atomic E-state index is 13.5. The molecule has 3 aromatic rings. The van der Waals surface area contributed by atoms with Crippen LogP contribution in [0.5, 0.6) is 5.75 Å². The van der Waals surface area contributed by atoms with Crippen LogP contribution in [-0.4, -0.2) is 32.2 Å². The molecule has 0 heterocycles. The van der Waals surface area contributed by atoms with E-state index in [1.165, 1.54) is 0 Å². The van der Waals surface area contributed by atoms with Gasteiger partial charge in [0.1, 0.15) is 11.7 Å². The number of rotatable bonds is 4. The van der Waals surface area contributed by atoms with Crippen molar-refractivity contribution in [1.29, 1.82) is 0 Å². The van der Waals surface area contributed by atoms with Crippen LogP contribution in [0.3, 0.4) is 0 Å². The minimum atomic E-state index is -5.70. The van der Waals surface area contributed by atoms with Gasteiger partial charge in [-0.2, -0.15) is 79.0 Å². The van der Waals surface area contributed by atoms with Crippen molar-refractivity contribution in [3.05, 3.63) is 99.1 Å². The fourth-order valence-electron chi connectivity index (χ4n) is 3.92. The quantitative estimate of drug-likeness (QED) is 0.113. The molecule has 0 amide bonds. The first-order valence-electron chi connectivity index (χ1n) is 11.6. The summed E-state index contributed by atoms with van der Waals surface area (Å²) >= 11 is 0. The number of hydrogen-bond donors (Lipinski definition) is 0. The number of carbonyl (C=O) groups excluding carboxylic acids is 1. The molecule has 0 aliphatic heterocycles. The Morgan fingerprint density at radius 3 is 0.830 bits per heavy atom. The van der Waals surface area contributed by atoms with Crippen LogP contribution in [0.2, 0.25) is 0 Å². The number of esters is 1. The standard InChI is InChI=1S/C26H10F18O2.Bi.3H/c27-21(28,29)12-1-10(2-13(5-12)22(30,31)32)19(11-3-14(23(33,34)35)6-15(4-11)24(36,37)38)20(45)46-18-8-16(25(39,40)41)7-17(9-18)26(42,43)44;;;;/h1-9,19H;;;;. The van der Waals surface area contributed by atoms with Gasteiger partial charge in [-0.15, -0.1) is 0 Å². The Morgan fingerprint density at radius 2 is 0.617 bits per heavy atom. The third-order valence-corrected chi connectivity index (χ3v) is 5.90. The molecule has 0 saturated carbocycles. The second-order valence-corrected chi connectivity index (χ2v) is 9.27. The fraction of sp³-hybridized carbons (Fsp3) is 0.269. The third-order valence-electron chi connectivity index (χ3n) is 5.90. The molecule has 0 aliphatic carbocycles. The number of halogens is 18. The molecule has 0 aromatic heterocycles. The van der Waals surface area contributed by atoms with E-state index in [0.29, 0.717) is 0 Å². The van der Waals surface area contributed by atoms with Crippen LogP contribution in [-0.2, 0) is 41.9 Å². The zero-order chi connectivity index (χ0) is 35.4. The summed E-state index contributed by atoms with van der Waals surface area (Å²) in [5.41, 5.74) is -16.5. The van der Waals surface area contributed by atoms with Gasteiger partial charge in [0, 0.05) is 0 Å². The van der Waals surface area contributed by atoms with E-state index in [9.17, 15) is 83.8 Å². The predicted octanol–water partition coefficient (Wildman–Crippen LogP) is 9.35. The van der Waals surface area contributed by atoms with Gasteiger partial charge in [-0.25, -0.2) is 0 Å². The van der Waals surface area contributed by atoms with Gasteiger partial charge in [0.2, 0.25) is 0 Å². The number of alkyl halides is 18. The molecule has 0 saturated heterocycles. The molecule has 3 rings (SSSR count). The number of hydrogen-bond acceptors (Lipinski definition) is 2. The molecule has 0 aliphatic rings. The van der Waals surface area contributed by atoms with Gasteiger partial charge in [-0.05, 0) is 65.7 Å². The summed E-state index contributed by atoms with van der Waals surface area (Å²) in [6.07, 6.45) is -34.0. The monoisotopic (exact) mass is 908 g/mol. The molecule has 0 fully saturated rings. The van der Waals surface area contributed by atoms with E-state index in [0.717, 1.165) is 0 Å². The van der Waals surface area contributed by atoms with Crippen molar-refractivity contribution in [3.63, 3.8) is 0 Å². The summed E-state index contributed by atoms with van der Waals surface area (Å²) in [6, 6.07) is -3.35. The molecule has 0 atom stereocenters. The second-order valence-electron chi connectivity index (χ2n) is 9.27. The van der Waals surface area contributed by atoms with E-state index in [2.05, 4.69) is 4.74 Å². The van der Waals surface area contributed by atoms with Crippen molar-refractivity contribution in [2.45, 2.75) is 43.0 Å². The van der Waals surface area contributed by atoms with E-state index < -0.39 is 117 Å². The van der Waals surface area contributed by atoms with Gasteiger partial charge in [-0.1, -0.05) is 0 Å². The molecule has 0 radical (unpaired) electrons. The van der Waals surface area contributed by atoms with E-state index in [1.807, 2.05) is 0 Å². The summed E-state index contributed by atoms with van der Waals surface area (Å²) in [5, 5.41) is 0. The van der Waals surface area contributed by atoms with Crippen molar-refractivity contribution >= 4 is 32.2 Å². The Hall–Kier alpha value is -3.25. The normalized spacial score (nSPS) is 13.4. The average Bonchev–Trinajstić information content (AvgIpc) is 2.85. The summed E-state index contributed by atoms with van der Waals surface area (Å²) < 4.78 is 246. The van der Waals surface area contributed by atoms with Crippen molar-refractivity contribution in [3.8, 4) is 5.75 Å². The van der Waals surface area contributed by atoms with E-state index in [4.69, 9.17) is 0 Å². The number of ether oxygens (including phenoxy) is 1. The van der Waals surface area contributed by atoms with E-state index in [1.54, 1.807) is 0 Å². The summed E-state index contributed by atoms with van der Waals surface area (Å²) in [5.74, 6) is -7.33. The van der Waals surface area contributed by atoms with E-state index >= 15 is 0 Å².